The summed E-state index contributed by atoms with van der Waals surface area (Å²) in [5, 5.41) is 0. The number of rotatable bonds is 1. The van der Waals surface area contributed by atoms with Crippen LogP contribution in [0.1, 0.15) is 45.4 Å². The van der Waals surface area contributed by atoms with E-state index in [0.717, 1.165) is 5.92 Å². The van der Waals surface area contributed by atoms with Gasteiger partial charge in [0, 0.05) is 6.04 Å². The van der Waals surface area contributed by atoms with E-state index in [0.29, 0.717) is 11.5 Å². The Kier molecular flexibility index (Phi) is 1.71. The van der Waals surface area contributed by atoms with Gasteiger partial charge >= 0.3 is 0 Å². The highest BCUT2D eigenvalue weighted by molar-refractivity contribution is 5.07. The summed E-state index contributed by atoms with van der Waals surface area (Å²) in [5.74, 6) is 1.02. The van der Waals surface area contributed by atoms with Crippen molar-refractivity contribution < 1.29 is 0 Å². The van der Waals surface area contributed by atoms with Gasteiger partial charge in [0.15, 0.2) is 0 Å². The fourth-order valence-electron chi connectivity index (χ4n) is 2.61. The van der Waals surface area contributed by atoms with Gasteiger partial charge in [-0.3, -0.25) is 0 Å². The van der Waals surface area contributed by atoms with E-state index in [1.165, 1.54) is 38.5 Å². The first-order valence-corrected chi connectivity index (χ1v) is 5.02. The largest absolute Gasteiger partial charge is 0.327 e. The zero-order valence-electron chi connectivity index (χ0n) is 7.47. The van der Waals surface area contributed by atoms with Crippen LogP contribution in [0.25, 0.3) is 0 Å². The molecule has 2 aliphatic carbocycles. The molecule has 64 valence electrons. The molecular formula is C10H19N. The Labute approximate surface area is 69.4 Å². The maximum atomic E-state index is 5.92. The van der Waals surface area contributed by atoms with Crippen molar-refractivity contribution in [3.8, 4) is 0 Å². The van der Waals surface area contributed by atoms with Gasteiger partial charge in [-0.1, -0.05) is 13.3 Å². The topological polar surface area (TPSA) is 26.0 Å². The molecule has 0 aromatic rings. The molecule has 2 rings (SSSR count). The molecule has 0 bridgehead atoms. The molecule has 0 amide bonds. The Hall–Kier alpha value is -0.0400. The average Bonchev–Trinajstić information content (AvgIpc) is 2.64. The highest BCUT2D eigenvalue weighted by atomic mass is 14.8. The van der Waals surface area contributed by atoms with Crippen molar-refractivity contribution >= 4 is 0 Å². The molecule has 0 aromatic carbocycles. The van der Waals surface area contributed by atoms with Gasteiger partial charge in [0.1, 0.15) is 0 Å². The fraction of sp³-hybridized carbons (Fsp3) is 1.00. The lowest BCUT2D eigenvalue weighted by Gasteiger charge is -2.28. The Morgan fingerprint density at radius 2 is 1.91 bits per heavy atom. The van der Waals surface area contributed by atoms with E-state index in [4.69, 9.17) is 5.73 Å². The van der Waals surface area contributed by atoms with Crippen LogP contribution in [0.3, 0.4) is 0 Å². The minimum absolute atomic E-state index is 0.570. The minimum Gasteiger partial charge on any atom is -0.327 e. The molecule has 1 heteroatoms. The summed E-state index contributed by atoms with van der Waals surface area (Å²) in [6.45, 7) is 2.31. The highest BCUT2D eigenvalue weighted by Gasteiger charge is 2.52. The number of hydrogen-bond acceptors (Lipinski definition) is 1. The molecule has 0 unspecified atom stereocenters. The van der Waals surface area contributed by atoms with E-state index in [-0.39, 0.29) is 0 Å². The second kappa shape index (κ2) is 2.48. The quantitative estimate of drug-likeness (QED) is 0.614. The van der Waals surface area contributed by atoms with E-state index in [1.54, 1.807) is 0 Å². The van der Waals surface area contributed by atoms with Crippen LogP contribution in [0.5, 0.6) is 0 Å². The fourth-order valence-corrected chi connectivity index (χ4v) is 2.61. The summed E-state index contributed by atoms with van der Waals surface area (Å²) in [6, 6.07) is 0.570. The summed E-state index contributed by atoms with van der Waals surface area (Å²) in [5.41, 5.74) is 6.56. The van der Waals surface area contributed by atoms with E-state index in [2.05, 4.69) is 6.92 Å². The average molecular weight is 153 g/mol. The normalized spacial score (nSPS) is 49.6. The molecular weight excluding hydrogens is 134 g/mol. The SMILES string of the molecule is CCC1CCC2(CC1)C[C@@H]2N. The van der Waals surface area contributed by atoms with Gasteiger partial charge in [-0.25, -0.2) is 0 Å². The van der Waals surface area contributed by atoms with Crippen LogP contribution in [0.4, 0.5) is 0 Å². The molecule has 0 radical (unpaired) electrons. The van der Waals surface area contributed by atoms with Crippen LogP contribution < -0.4 is 5.73 Å². The summed E-state index contributed by atoms with van der Waals surface area (Å²) in [7, 11) is 0. The monoisotopic (exact) mass is 153 g/mol. The lowest BCUT2D eigenvalue weighted by atomic mass is 9.78. The maximum absolute atomic E-state index is 5.92. The summed E-state index contributed by atoms with van der Waals surface area (Å²) in [6.07, 6.45) is 8.45. The van der Waals surface area contributed by atoms with E-state index in [1.807, 2.05) is 0 Å². The van der Waals surface area contributed by atoms with E-state index >= 15 is 0 Å². The molecule has 0 saturated heterocycles. The van der Waals surface area contributed by atoms with Gasteiger partial charge in [0.05, 0.1) is 0 Å². The molecule has 0 aliphatic heterocycles. The minimum atomic E-state index is 0.570. The van der Waals surface area contributed by atoms with Gasteiger partial charge in [0.2, 0.25) is 0 Å². The lowest BCUT2D eigenvalue weighted by molar-refractivity contribution is 0.246. The predicted molar refractivity (Wildman–Crippen MR) is 47.3 cm³/mol. The summed E-state index contributed by atoms with van der Waals surface area (Å²) in [4.78, 5) is 0. The molecule has 1 nitrogen and oxygen atoms in total. The van der Waals surface area contributed by atoms with Crippen molar-refractivity contribution in [1.29, 1.82) is 0 Å². The Morgan fingerprint density at radius 3 is 2.27 bits per heavy atom. The highest BCUT2D eigenvalue weighted by Crippen LogP contribution is 2.56. The van der Waals surface area contributed by atoms with Crippen LogP contribution in [0, 0.1) is 11.3 Å². The molecule has 2 fully saturated rings. The van der Waals surface area contributed by atoms with Crippen LogP contribution in [0.2, 0.25) is 0 Å². The molecule has 0 heterocycles. The third-order valence-electron chi connectivity index (χ3n) is 3.93. The molecule has 2 N–H and O–H groups in total. The number of nitrogens with two attached hydrogens (primary N) is 1. The van der Waals surface area contributed by atoms with Crippen molar-refractivity contribution in [2.45, 2.75) is 51.5 Å². The van der Waals surface area contributed by atoms with Crippen molar-refractivity contribution in [3.05, 3.63) is 0 Å². The number of hydrogen-bond donors (Lipinski definition) is 1. The smallest absolute Gasteiger partial charge is 0.0102 e. The standard InChI is InChI=1S/C10H19N/c1-2-8-3-5-10(6-4-8)7-9(10)11/h8-9H,2-7,11H2,1H3/t8?,9-,10?/m0/s1. The molecule has 11 heavy (non-hydrogen) atoms. The molecule has 2 aliphatic rings. The van der Waals surface area contributed by atoms with Gasteiger partial charge in [-0.05, 0) is 43.4 Å². The van der Waals surface area contributed by atoms with Gasteiger partial charge < -0.3 is 5.73 Å². The third-order valence-corrected chi connectivity index (χ3v) is 3.93. The molecule has 2 saturated carbocycles. The van der Waals surface area contributed by atoms with Crippen LogP contribution in [-0.4, -0.2) is 6.04 Å². The van der Waals surface area contributed by atoms with Crippen LogP contribution >= 0.6 is 0 Å². The molecule has 1 spiro atoms. The lowest BCUT2D eigenvalue weighted by Crippen LogP contribution is -2.21. The zero-order chi connectivity index (χ0) is 7.90. The first-order valence-electron chi connectivity index (χ1n) is 5.02. The Bertz CT molecular complexity index is 145. The first kappa shape index (κ1) is 7.60. The zero-order valence-corrected chi connectivity index (χ0v) is 7.47. The van der Waals surface area contributed by atoms with E-state index in [9.17, 15) is 0 Å². The van der Waals surface area contributed by atoms with E-state index < -0.39 is 0 Å². The predicted octanol–water partition coefficient (Wildman–Crippen LogP) is 2.30. The Balaban J connectivity index is 1.86. The van der Waals surface area contributed by atoms with Crippen LogP contribution in [0.15, 0.2) is 0 Å². The Morgan fingerprint density at radius 1 is 1.36 bits per heavy atom. The van der Waals surface area contributed by atoms with Crippen molar-refractivity contribution in [2.75, 3.05) is 0 Å². The first-order chi connectivity index (χ1) is 5.27. The van der Waals surface area contributed by atoms with Gasteiger partial charge in [0.25, 0.3) is 0 Å². The second-order valence-corrected chi connectivity index (χ2v) is 4.52. The summed E-state index contributed by atoms with van der Waals surface area (Å²) >= 11 is 0. The van der Waals surface area contributed by atoms with Gasteiger partial charge in [-0.15, -0.1) is 0 Å². The van der Waals surface area contributed by atoms with Crippen molar-refractivity contribution in [1.82, 2.24) is 0 Å². The maximum Gasteiger partial charge on any atom is 0.0102 e. The van der Waals surface area contributed by atoms with Crippen LogP contribution in [-0.2, 0) is 0 Å². The summed E-state index contributed by atoms with van der Waals surface area (Å²) < 4.78 is 0. The third kappa shape index (κ3) is 1.20. The van der Waals surface area contributed by atoms with Crippen molar-refractivity contribution in [3.63, 3.8) is 0 Å². The molecule has 1 atom stereocenters. The van der Waals surface area contributed by atoms with Gasteiger partial charge in [-0.2, -0.15) is 0 Å². The van der Waals surface area contributed by atoms with Crippen molar-refractivity contribution in [2.24, 2.45) is 17.1 Å². The second-order valence-electron chi connectivity index (χ2n) is 4.52. The molecule has 0 aromatic heterocycles.